The number of carbonyl (C=O) groups is 3. The molecule has 0 aromatic heterocycles. The molecule has 0 bridgehead atoms. The molecule has 9 heteroatoms. The molecule has 0 aliphatic carbocycles. The van der Waals surface area contributed by atoms with E-state index in [1.54, 1.807) is 24.3 Å². The standard InChI is InChI=1S/C18H15F2N3O4/c1-18(11-4-3-5-14(8-11)27-2)16(25)23(17(26)21-18)22-15(24)10-6-12(19)9-13(20)7-10/h3-9H,1-2H3,(H,21,26)(H,22,24)/t18-/m1/s1. The van der Waals surface area contributed by atoms with Crippen molar-refractivity contribution in [3.63, 3.8) is 0 Å². The fraction of sp³-hybridized carbons (Fsp3) is 0.167. The van der Waals surface area contributed by atoms with Gasteiger partial charge in [0.05, 0.1) is 7.11 Å². The van der Waals surface area contributed by atoms with Gasteiger partial charge in [0.2, 0.25) is 0 Å². The summed E-state index contributed by atoms with van der Waals surface area (Å²) >= 11 is 0. The number of rotatable bonds is 4. The zero-order chi connectivity index (χ0) is 19.8. The van der Waals surface area contributed by atoms with Gasteiger partial charge < -0.3 is 10.1 Å². The Balaban J connectivity index is 1.86. The quantitative estimate of drug-likeness (QED) is 0.801. The van der Waals surface area contributed by atoms with Crippen molar-refractivity contribution in [1.82, 2.24) is 15.8 Å². The van der Waals surface area contributed by atoms with Crippen LogP contribution >= 0.6 is 0 Å². The van der Waals surface area contributed by atoms with E-state index in [-0.39, 0.29) is 5.56 Å². The lowest BCUT2D eigenvalue weighted by Gasteiger charge is -2.22. The third-order valence-electron chi connectivity index (χ3n) is 4.18. The van der Waals surface area contributed by atoms with Gasteiger partial charge in [-0.05, 0) is 36.8 Å². The van der Waals surface area contributed by atoms with E-state index in [1.807, 2.05) is 0 Å². The second kappa shape index (κ2) is 6.67. The van der Waals surface area contributed by atoms with Crippen LogP contribution in [0.5, 0.6) is 5.75 Å². The molecule has 27 heavy (non-hydrogen) atoms. The summed E-state index contributed by atoms with van der Waals surface area (Å²) in [6, 6.07) is 7.82. The first-order chi connectivity index (χ1) is 12.7. The molecule has 1 saturated heterocycles. The maximum absolute atomic E-state index is 13.3. The number of halogens is 2. The predicted octanol–water partition coefficient (Wildman–Crippen LogP) is 2.09. The molecule has 0 unspecified atom stereocenters. The maximum Gasteiger partial charge on any atom is 0.344 e. The van der Waals surface area contributed by atoms with Crippen LogP contribution in [0.1, 0.15) is 22.8 Å². The van der Waals surface area contributed by atoms with Crippen molar-refractivity contribution in [3.8, 4) is 5.75 Å². The predicted molar refractivity (Wildman–Crippen MR) is 89.5 cm³/mol. The highest BCUT2D eigenvalue weighted by molar-refractivity contribution is 6.09. The van der Waals surface area contributed by atoms with Gasteiger partial charge >= 0.3 is 6.03 Å². The van der Waals surface area contributed by atoms with E-state index in [9.17, 15) is 23.2 Å². The lowest BCUT2D eigenvalue weighted by molar-refractivity contribution is -0.132. The second-order valence-electron chi connectivity index (χ2n) is 6.03. The van der Waals surface area contributed by atoms with Crippen LogP contribution in [0.3, 0.4) is 0 Å². The van der Waals surface area contributed by atoms with Crippen LogP contribution in [0, 0.1) is 11.6 Å². The number of hydrazine groups is 1. The van der Waals surface area contributed by atoms with Crippen LogP contribution in [0.25, 0.3) is 0 Å². The fourth-order valence-electron chi connectivity index (χ4n) is 2.72. The van der Waals surface area contributed by atoms with Crippen LogP contribution in [-0.2, 0) is 10.3 Å². The molecule has 1 aliphatic heterocycles. The largest absolute Gasteiger partial charge is 0.497 e. The maximum atomic E-state index is 13.3. The van der Waals surface area contributed by atoms with Gasteiger partial charge in [-0.3, -0.25) is 15.0 Å². The molecule has 2 aromatic carbocycles. The summed E-state index contributed by atoms with van der Waals surface area (Å²) in [6.45, 7) is 1.47. The van der Waals surface area contributed by atoms with E-state index >= 15 is 0 Å². The van der Waals surface area contributed by atoms with Crippen LogP contribution in [0.4, 0.5) is 13.6 Å². The number of nitrogens with one attached hydrogen (secondary N) is 2. The first-order valence-electron chi connectivity index (χ1n) is 7.83. The number of hydrogen-bond donors (Lipinski definition) is 2. The molecular weight excluding hydrogens is 360 g/mol. The number of amides is 4. The van der Waals surface area contributed by atoms with E-state index < -0.39 is 35.0 Å². The Morgan fingerprint density at radius 2 is 1.81 bits per heavy atom. The Kier molecular flexibility index (Phi) is 4.52. The Morgan fingerprint density at radius 1 is 1.15 bits per heavy atom. The van der Waals surface area contributed by atoms with Crippen LogP contribution in [-0.4, -0.2) is 30.0 Å². The van der Waals surface area contributed by atoms with Crippen molar-refractivity contribution in [2.24, 2.45) is 0 Å². The van der Waals surface area contributed by atoms with Crippen molar-refractivity contribution >= 4 is 17.8 Å². The average Bonchev–Trinajstić information content (AvgIpc) is 2.85. The number of imide groups is 1. The number of methoxy groups -OCH3 is 1. The SMILES string of the molecule is COc1cccc([C@@]2(C)NC(=O)N(NC(=O)c3cc(F)cc(F)c3)C2=O)c1. The fourth-order valence-corrected chi connectivity index (χ4v) is 2.72. The summed E-state index contributed by atoms with van der Waals surface area (Å²) in [5.74, 6) is -3.21. The normalized spacial score (nSPS) is 19.0. The van der Waals surface area contributed by atoms with Crippen molar-refractivity contribution in [2.75, 3.05) is 7.11 Å². The van der Waals surface area contributed by atoms with Crippen molar-refractivity contribution in [1.29, 1.82) is 0 Å². The molecular formula is C18H15F2N3O4. The second-order valence-corrected chi connectivity index (χ2v) is 6.03. The number of ether oxygens (including phenoxy) is 1. The van der Waals surface area contributed by atoms with Gasteiger partial charge in [0, 0.05) is 11.6 Å². The van der Waals surface area contributed by atoms with Gasteiger partial charge in [-0.1, -0.05) is 12.1 Å². The molecule has 2 N–H and O–H groups in total. The molecule has 0 radical (unpaired) electrons. The average molecular weight is 375 g/mol. The molecule has 2 aromatic rings. The van der Waals surface area contributed by atoms with E-state index in [1.165, 1.54) is 14.0 Å². The monoisotopic (exact) mass is 375 g/mol. The molecule has 1 atom stereocenters. The minimum Gasteiger partial charge on any atom is -0.497 e. The smallest absolute Gasteiger partial charge is 0.344 e. The molecule has 3 rings (SSSR count). The Hall–Kier alpha value is -3.49. The molecule has 140 valence electrons. The minimum absolute atomic E-state index is 0.372. The van der Waals surface area contributed by atoms with Gasteiger partial charge in [0.25, 0.3) is 11.8 Å². The molecule has 4 amide bonds. The van der Waals surface area contributed by atoms with Gasteiger partial charge in [-0.25, -0.2) is 13.6 Å². The number of urea groups is 1. The summed E-state index contributed by atoms with van der Waals surface area (Å²) in [6.07, 6.45) is 0. The van der Waals surface area contributed by atoms with E-state index in [0.29, 0.717) is 22.4 Å². The molecule has 7 nitrogen and oxygen atoms in total. The summed E-state index contributed by atoms with van der Waals surface area (Å²) < 4.78 is 31.7. The van der Waals surface area contributed by atoms with E-state index in [4.69, 9.17) is 4.74 Å². The van der Waals surface area contributed by atoms with Crippen molar-refractivity contribution in [2.45, 2.75) is 12.5 Å². The Morgan fingerprint density at radius 3 is 2.44 bits per heavy atom. The highest BCUT2D eigenvalue weighted by Gasteiger charge is 2.50. The number of carbonyl (C=O) groups excluding carboxylic acids is 3. The molecule has 0 saturated carbocycles. The Labute approximate surface area is 152 Å². The zero-order valence-electron chi connectivity index (χ0n) is 14.4. The van der Waals surface area contributed by atoms with Crippen molar-refractivity contribution < 1.29 is 27.9 Å². The number of nitrogens with zero attached hydrogens (tertiary/aromatic N) is 1. The summed E-state index contributed by atoms with van der Waals surface area (Å²) in [7, 11) is 1.46. The third-order valence-corrected chi connectivity index (χ3v) is 4.18. The minimum atomic E-state index is -1.45. The van der Waals surface area contributed by atoms with Gasteiger partial charge in [-0.2, -0.15) is 5.01 Å². The van der Waals surface area contributed by atoms with Crippen LogP contribution < -0.4 is 15.5 Å². The van der Waals surface area contributed by atoms with Crippen LogP contribution in [0.2, 0.25) is 0 Å². The van der Waals surface area contributed by atoms with Gasteiger partial charge in [-0.15, -0.1) is 0 Å². The Bertz CT molecular complexity index is 930. The third kappa shape index (κ3) is 3.31. The molecule has 0 spiro atoms. The van der Waals surface area contributed by atoms with Crippen LogP contribution in [0.15, 0.2) is 42.5 Å². The van der Waals surface area contributed by atoms with Gasteiger partial charge in [0.15, 0.2) is 0 Å². The first-order valence-corrected chi connectivity index (χ1v) is 7.83. The molecule has 1 fully saturated rings. The van der Waals surface area contributed by atoms with Crippen molar-refractivity contribution in [3.05, 3.63) is 65.2 Å². The number of benzene rings is 2. The van der Waals surface area contributed by atoms with Gasteiger partial charge in [0.1, 0.15) is 22.9 Å². The first kappa shape index (κ1) is 18.3. The zero-order valence-corrected chi connectivity index (χ0v) is 14.4. The molecule has 1 aliphatic rings. The lowest BCUT2D eigenvalue weighted by Crippen LogP contribution is -2.48. The lowest BCUT2D eigenvalue weighted by atomic mass is 9.92. The highest BCUT2D eigenvalue weighted by atomic mass is 19.1. The summed E-state index contributed by atoms with van der Waals surface area (Å²) in [5, 5.41) is 2.97. The summed E-state index contributed by atoms with van der Waals surface area (Å²) in [5.41, 5.74) is 0.685. The molecule has 1 heterocycles. The topological polar surface area (TPSA) is 87.7 Å². The number of hydrogen-bond acceptors (Lipinski definition) is 4. The highest BCUT2D eigenvalue weighted by Crippen LogP contribution is 2.30. The van der Waals surface area contributed by atoms with E-state index in [2.05, 4.69) is 10.7 Å². The summed E-state index contributed by atoms with van der Waals surface area (Å²) in [4.78, 5) is 37.2. The van der Waals surface area contributed by atoms with E-state index in [0.717, 1.165) is 12.1 Å².